The summed E-state index contributed by atoms with van der Waals surface area (Å²) in [7, 11) is 3.19. The molecule has 6 heteroatoms. The molecule has 156 valence electrons. The van der Waals surface area contributed by atoms with Crippen molar-refractivity contribution in [3.8, 4) is 5.75 Å². The number of nitrogens with zero attached hydrogens (tertiary/aromatic N) is 2. The van der Waals surface area contributed by atoms with E-state index in [1.54, 1.807) is 14.2 Å². The van der Waals surface area contributed by atoms with Crippen molar-refractivity contribution < 1.29 is 19.1 Å². The number of anilines is 1. The van der Waals surface area contributed by atoms with Crippen LogP contribution in [-0.2, 0) is 20.7 Å². The highest BCUT2D eigenvalue weighted by molar-refractivity contribution is 6.37. The van der Waals surface area contributed by atoms with Gasteiger partial charge in [-0.1, -0.05) is 36.4 Å². The molecule has 0 unspecified atom stereocenters. The summed E-state index contributed by atoms with van der Waals surface area (Å²) in [5.41, 5.74) is 3.67. The van der Waals surface area contributed by atoms with E-state index in [4.69, 9.17) is 9.47 Å². The molecule has 4 rings (SSSR count). The Morgan fingerprint density at radius 3 is 2.53 bits per heavy atom. The molecule has 2 aromatic carbocycles. The Morgan fingerprint density at radius 2 is 1.73 bits per heavy atom. The predicted molar refractivity (Wildman–Crippen MR) is 115 cm³/mol. The van der Waals surface area contributed by atoms with Crippen molar-refractivity contribution in [3.63, 3.8) is 0 Å². The van der Waals surface area contributed by atoms with Gasteiger partial charge in [-0.3, -0.25) is 14.5 Å². The van der Waals surface area contributed by atoms with Gasteiger partial charge in [0.1, 0.15) is 11.4 Å². The molecule has 0 atom stereocenters. The maximum absolute atomic E-state index is 13.5. The lowest BCUT2D eigenvalue weighted by atomic mass is 9.98. The molecule has 0 saturated carbocycles. The van der Waals surface area contributed by atoms with E-state index in [2.05, 4.69) is 6.07 Å². The van der Waals surface area contributed by atoms with Crippen molar-refractivity contribution >= 4 is 23.1 Å². The van der Waals surface area contributed by atoms with Gasteiger partial charge in [-0.2, -0.15) is 0 Å². The molecule has 30 heavy (non-hydrogen) atoms. The number of imide groups is 1. The number of rotatable bonds is 7. The van der Waals surface area contributed by atoms with Crippen LogP contribution >= 0.6 is 0 Å². The van der Waals surface area contributed by atoms with Gasteiger partial charge in [0.25, 0.3) is 11.8 Å². The lowest BCUT2D eigenvalue weighted by Crippen LogP contribution is -2.37. The predicted octanol–water partition coefficient (Wildman–Crippen LogP) is 3.26. The maximum atomic E-state index is 13.5. The van der Waals surface area contributed by atoms with Crippen LogP contribution in [0.3, 0.4) is 0 Å². The van der Waals surface area contributed by atoms with E-state index in [9.17, 15) is 9.59 Å². The summed E-state index contributed by atoms with van der Waals surface area (Å²) in [6.45, 7) is 1.50. The molecule has 2 aliphatic heterocycles. The zero-order chi connectivity index (χ0) is 21.1. The summed E-state index contributed by atoms with van der Waals surface area (Å²) in [6.07, 6.45) is 2.48. The number of carbonyl (C=O) groups excluding carboxylic acids is 2. The Balaban J connectivity index is 1.85. The lowest BCUT2D eigenvalue weighted by molar-refractivity contribution is -0.137. The number of methoxy groups -OCH3 is 2. The number of para-hydroxylation sites is 2. The van der Waals surface area contributed by atoms with Gasteiger partial charge in [0.15, 0.2) is 0 Å². The third kappa shape index (κ3) is 3.48. The summed E-state index contributed by atoms with van der Waals surface area (Å²) in [5, 5.41) is 0. The Kier molecular flexibility index (Phi) is 5.86. The number of hydrogen-bond donors (Lipinski definition) is 0. The number of hydrogen-bond acceptors (Lipinski definition) is 5. The molecule has 0 aliphatic carbocycles. The third-order valence-corrected chi connectivity index (χ3v) is 5.63. The smallest absolute Gasteiger partial charge is 0.278 e. The number of aryl methyl sites for hydroxylation is 1. The number of ether oxygens (including phenoxy) is 2. The Labute approximate surface area is 176 Å². The molecule has 0 bridgehead atoms. The second kappa shape index (κ2) is 8.71. The SMILES string of the molecule is COCCCN1C(=O)C(c2ccccc2OC)=C(N2CCCc3ccccc32)C1=O. The minimum atomic E-state index is -0.279. The van der Waals surface area contributed by atoms with Gasteiger partial charge in [-0.05, 0) is 37.0 Å². The molecule has 6 nitrogen and oxygen atoms in total. The maximum Gasteiger partial charge on any atom is 0.278 e. The summed E-state index contributed by atoms with van der Waals surface area (Å²) >= 11 is 0. The van der Waals surface area contributed by atoms with Gasteiger partial charge in [0.2, 0.25) is 0 Å². The highest BCUT2D eigenvalue weighted by Crippen LogP contribution is 2.40. The summed E-state index contributed by atoms with van der Waals surface area (Å²) in [4.78, 5) is 30.3. The molecule has 0 radical (unpaired) electrons. The summed E-state index contributed by atoms with van der Waals surface area (Å²) in [5.74, 6) is 0.0440. The van der Waals surface area contributed by atoms with E-state index < -0.39 is 0 Å². The van der Waals surface area contributed by atoms with Gasteiger partial charge in [-0.15, -0.1) is 0 Å². The van der Waals surface area contributed by atoms with E-state index in [1.807, 2.05) is 47.4 Å². The topological polar surface area (TPSA) is 59.1 Å². The minimum Gasteiger partial charge on any atom is -0.496 e. The van der Waals surface area contributed by atoms with Crippen LogP contribution in [-0.4, -0.2) is 50.6 Å². The van der Waals surface area contributed by atoms with E-state index in [0.717, 1.165) is 18.5 Å². The quantitative estimate of drug-likeness (QED) is 0.522. The molecule has 0 N–H and O–H groups in total. The van der Waals surface area contributed by atoms with Crippen LogP contribution in [0.25, 0.3) is 5.57 Å². The monoisotopic (exact) mass is 406 g/mol. The van der Waals surface area contributed by atoms with Crippen LogP contribution in [0.2, 0.25) is 0 Å². The van der Waals surface area contributed by atoms with Crippen molar-refractivity contribution in [2.45, 2.75) is 19.3 Å². The molecule has 0 saturated heterocycles. The number of benzene rings is 2. The average molecular weight is 406 g/mol. The first-order valence-electron chi connectivity index (χ1n) is 10.3. The zero-order valence-electron chi connectivity index (χ0n) is 17.4. The first-order valence-corrected chi connectivity index (χ1v) is 10.3. The van der Waals surface area contributed by atoms with E-state index in [0.29, 0.717) is 48.7 Å². The van der Waals surface area contributed by atoms with Gasteiger partial charge >= 0.3 is 0 Å². The first kappa shape index (κ1) is 20.2. The van der Waals surface area contributed by atoms with Crippen molar-refractivity contribution in [1.29, 1.82) is 0 Å². The Bertz CT molecular complexity index is 998. The number of fused-ring (bicyclic) bond motifs is 1. The molecule has 0 spiro atoms. The highest BCUT2D eigenvalue weighted by Gasteiger charge is 2.43. The van der Waals surface area contributed by atoms with Gasteiger partial charge in [-0.25, -0.2) is 0 Å². The van der Waals surface area contributed by atoms with Crippen LogP contribution in [0.5, 0.6) is 5.75 Å². The second-order valence-corrected chi connectivity index (χ2v) is 7.42. The first-order chi connectivity index (χ1) is 14.7. The number of carbonyl (C=O) groups is 2. The molecule has 0 aromatic heterocycles. The lowest BCUT2D eigenvalue weighted by Gasteiger charge is -2.32. The number of amides is 2. The van der Waals surface area contributed by atoms with Crippen molar-refractivity contribution in [2.75, 3.05) is 38.8 Å². The molecular formula is C24H26N2O4. The van der Waals surface area contributed by atoms with Crippen LogP contribution in [0.15, 0.2) is 54.2 Å². The second-order valence-electron chi connectivity index (χ2n) is 7.42. The van der Waals surface area contributed by atoms with Crippen LogP contribution in [0.1, 0.15) is 24.0 Å². The third-order valence-electron chi connectivity index (χ3n) is 5.63. The fourth-order valence-corrected chi connectivity index (χ4v) is 4.24. The zero-order valence-corrected chi connectivity index (χ0v) is 17.4. The largest absolute Gasteiger partial charge is 0.496 e. The van der Waals surface area contributed by atoms with Gasteiger partial charge in [0.05, 0.1) is 12.7 Å². The van der Waals surface area contributed by atoms with Gasteiger partial charge < -0.3 is 14.4 Å². The van der Waals surface area contributed by atoms with Crippen molar-refractivity contribution in [2.24, 2.45) is 0 Å². The molecule has 2 aromatic rings. The van der Waals surface area contributed by atoms with E-state index in [-0.39, 0.29) is 11.8 Å². The minimum absolute atomic E-state index is 0.256. The highest BCUT2D eigenvalue weighted by atomic mass is 16.5. The molecule has 2 heterocycles. The summed E-state index contributed by atoms with van der Waals surface area (Å²) in [6, 6.07) is 15.5. The Morgan fingerprint density at radius 1 is 0.967 bits per heavy atom. The average Bonchev–Trinajstić information content (AvgIpc) is 3.03. The van der Waals surface area contributed by atoms with Gasteiger partial charge in [0, 0.05) is 38.1 Å². The molecule has 2 aliphatic rings. The fourth-order valence-electron chi connectivity index (χ4n) is 4.24. The van der Waals surface area contributed by atoms with Crippen LogP contribution in [0, 0.1) is 0 Å². The molecule has 2 amide bonds. The molecular weight excluding hydrogens is 380 g/mol. The standard InChI is InChI=1S/C24H26N2O4/c1-29-16-8-15-26-23(27)21(18-11-4-6-13-20(18)30-2)22(24(26)28)25-14-7-10-17-9-3-5-12-19(17)25/h3-6,9,11-13H,7-8,10,14-16H2,1-2H3. The van der Waals surface area contributed by atoms with E-state index >= 15 is 0 Å². The molecule has 0 fully saturated rings. The van der Waals surface area contributed by atoms with Crippen molar-refractivity contribution in [1.82, 2.24) is 4.90 Å². The van der Waals surface area contributed by atoms with Crippen LogP contribution < -0.4 is 9.64 Å². The van der Waals surface area contributed by atoms with E-state index in [1.165, 1.54) is 10.5 Å². The summed E-state index contributed by atoms with van der Waals surface area (Å²) < 4.78 is 10.6. The fraction of sp³-hybridized carbons (Fsp3) is 0.333. The Hall–Kier alpha value is -3.12. The van der Waals surface area contributed by atoms with Crippen LogP contribution in [0.4, 0.5) is 5.69 Å². The normalized spacial score (nSPS) is 16.3. The van der Waals surface area contributed by atoms with Crippen molar-refractivity contribution in [3.05, 3.63) is 65.4 Å².